The summed E-state index contributed by atoms with van der Waals surface area (Å²) >= 11 is 0. The molecule has 1 fully saturated rings. The third-order valence-corrected chi connectivity index (χ3v) is 4.45. The molecule has 1 saturated heterocycles. The molecule has 1 aliphatic rings. The van der Waals surface area contributed by atoms with Gasteiger partial charge >= 0.3 is 0 Å². The van der Waals surface area contributed by atoms with Crippen molar-refractivity contribution in [3.63, 3.8) is 0 Å². The van der Waals surface area contributed by atoms with Crippen molar-refractivity contribution >= 4 is 28.2 Å². The monoisotopic (exact) mass is 357 g/mol. The average molecular weight is 357 g/mol. The van der Waals surface area contributed by atoms with E-state index in [0.717, 1.165) is 31.9 Å². The van der Waals surface area contributed by atoms with Crippen LogP contribution in [0, 0.1) is 10.1 Å². The van der Waals surface area contributed by atoms with E-state index in [1.807, 2.05) is 13.8 Å². The minimum absolute atomic E-state index is 0.0379. The second-order valence-electron chi connectivity index (χ2n) is 6.75. The maximum Gasteiger partial charge on any atom is 0.278 e. The van der Waals surface area contributed by atoms with Gasteiger partial charge in [-0.3, -0.25) is 24.8 Å². The molecule has 0 saturated carbocycles. The number of anilines is 1. The van der Waals surface area contributed by atoms with Crippen LogP contribution in [-0.4, -0.2) is 59.5 Å². The maximum atomic E-state index is 11.9. The lowest BCUT2D eigenvalue weighted by atomic mass is 10.1. The lowest BCUT2D eigenvalue weighted by Crippen LogP contribution is -2.50. The number of fused-ring (bicyclic) bond motifs is 1. The number of carbonyl (C=O) groups is 1. The molecule has 1 amide bonds. The Kier molecular flexibility index (Phi) is 5.32. The van der Waals surface area contributed by atoms with Crippen LogP contribution in [0.1, 0.15) is 13.8 Å². The van der Waals surface area contributed by atoms with E-state index in [4.69, 9.17) is 0 Å². The number of piperazine rings is 1. The number of aromatic nitrogens is 1. The first kappa shape index (κ1) is 18.1. The highest BCUT2D eigenvalue weighted by molar-refractivity contribution is 5.97. The number of carbonyl (C=O) groups excluding carboxylic acids is 1. The van der Waals surface area contributed by atoms with Crippen molar-refractivity contribution in [2.75, 3.05) is 37.6 Å². The zero-order valence-corrected chi connectivity index (χ0v) is 15.0. The summed E-state index contributed by atoms with van der Waals surface area (Å²) in [6.07, 6.45) is 1.65. The summed E-state index contributed by atoms with van der Waals surface area (Å²) in [4.78, 5) is 31.4. The lowest BCUT2D eigenvalue weighted by molar-refractivity contribution is -0.383. The largest absolute Gasteiger partial charge is 0.367 e. The van der Waals surface area contributed by atoms with Gasteiger partial charge in [0.2, 0.25) is 5.91 Å². The second kappa shape index (κ2) is 7.65. The molecule has 0 bridgehead atoms. The molecule has 8 heteroatoms. The molecule has 1 aromatic carbocycles. The normalized spacial score (nSPS) is 15.4. The SMILES string of the molecule is CC(C)NC(=O)CN1CCN(c2ccc([N+](=O)[O-])c3cccnc23)CC1. The second-order valence-corrected chi connectivity index (χ2v) is 6.75. The number of non-ortho nitro benzene ring substituents is 1. The van der Waals surface area contributed by atoms with E-state index in [2.05, 4.69) is 20.1 Å². The molecule has 0 radical (unpaired) electrons. The number of nitro groups is 1. The highest BCUT2D eigenvalue weighted by Crippen LogP contribution is 2.32. The molecule has 0 spiro atoms. The number of hydrogen-bond donors (Lipinski definition) is 1. The Morgan fingerprint density at radius 1 is 1.27 bits per heavy atom. The molecule has 0 unspecified atom stereocenters. The van der Waals surface area contributed by atoms with Crippen LogP contribution in [0.2, 0.25) is 0 Å². The lowest BCUT2D eigenvalue weighted by Gasteiger charge is -2.36. The number of amides is 1. The molecule has 8 nitrogen and oxygen atoms in total. The maximum absolute atomic E-state index is 11.9. The van der Waals surface area contributed by atoms with Gasteiger partial charge in [-0.15, -0.1) is 0 Å². The standard InChI is InChI=1S/C18H23N5O3/c1-13(2)20-17(24)12-21-8-10-22(11-9-21)16-6-5-15(23(25)26)14-4-3-7-19-18(14)16/h3-7,13H,8-12H2,1-2H3,(H,20,24). The molecule has 1 aromatic heterocycles. The number of benzene rings is 1. The molecule has 2 heterocycles. The van der Waals surface area contributed by atoms with Crippen molar-refractivity contribution in [1.29, 1.82) is 0 Å². The zero-order valence-electron chi connectivity index (χ0n) is 15.0. The fourth-order valence-electron chi connectivity index (χ4n) is 3.27. The molecular formula is C18H23N5O3. The topological polar surface area (TPSA) is 91.6 Å². The van der Waals surface area contributed by atoms with Gasteiger partial charge in [-0.25, -0.2) is 0 Å². The molecule has 1 N–H and O–H groups in total. The molecule has 26 heavy (non-hydrogen) atoms. The Bertz CT molecular complexity index is 816. The van der Waals surface area contributed by atoms with Gasteiger partial charge in [-0.05, 0) is 32.0 Å². The van der Waals surface area contributed by atoms with Crippen molar-refractivity contribution in [2.45, 2.75) is 19.9 Å². The fourth-order valence-corrected chi connectivity index (χ4v) is 3.27. The summed E-state index contributed by atoms with van der Waals surface area (Å²) in [7, 11) is 0. The molecule has 3 rings (SSSR count). The van der Waals surface area contributed by atoms with Gasteiger partial charge < -0.3 is 10.2 Å². The summed E-state index contributed by atoms with van der Waals surface area (Å²) < 4.78 is 0. The van der Waals surface area contributed by atoms with E-state index >= 15 is 0 Å². The molecule has 138 valence electrons. The number of rotatable bonds is 5. The Hall–Kier alpha value is -2.74. The van der Waals surface area contributed by atoms with Crippen LogP contribution < -0.4 is 10.2 Å². The quantitative estimate of drug-likeness (QED) is 0.648. The summed E-state index contributed by atoms with van der Waals surface area (Å²) in [5.41, 5.74) is 1.62. The Morgan fingerprint density at radius 3 is 2.65 bits per heavy atom. The van der Waals surface area contributed by atoms with E-state index in [9.17, 15) is 14.9 Å². The van der Waals surface area contributed by atoms with Gasteiger partial charge in [0.1, 0.15) is 5.52 Å². The minimum atomic E-state index is -0.376. The van der Waals surface area contributed by atoms with Crippen LogP contribution in [0.25, 0.3) is 10.9 Å². The number of nitrogens with zero attached hydrogens (tertiary/aromatic N) is 4. The van der Waals surface area contributed by atoms with Gasteiger partial charge in [0.15, 0.2) is 0 Å². The number of hydrogen-bond acceptors (Lipinski definition) is 6. The van der Waals surface area contributed by atoms with Crippen molar-refractivity contribution in [3.8, 4) is 0 Å². The molecule has 0 atom stereocenters. The van der Waals surface area contributed by atoms with E-state index < -0.39 is 0 Å². The van der Waals surface area contributed by atoms with Crippen LogP contribution >= 0.6 is 0 Å². The fraction of sp³-hybridized carbons (Fsp3) is 0.444. The first-order chi connectivity index (χ1) is 12.5. The van der Waals surface area contributed by atoms with E-state index in [1.54, 1.807) is 30.5 Å². The van der Waals surface area contributed by atoms with E-state index in [0.29, 0.717) is 17.4 Å². The van der Waals surface area contributed by atoms with Crippen molar-refractivity contribution in [3.05, 3.63) is 40.6 Å². The van der Waals surface area contributed by atoms with Crippen molar-refractivity contribution < 1.29 is 9.72 Å². The van der Waals surface area contributed by atoms with E-state index in [1.165, 1.54) is 0 Å². The van der Waals surface area contributed by atoms with Gasteiger partial charge in [0.05, 0.1) is 22.5 Å². The smallest absolute Gasteiger partial charge is 0.278 e. The molecule has 0 aliphatic carbocycles. The number of nitrogens with one attached hydrogen (secondary N) is 1. The molecular weight excluding hydrogens is 334 g/mol. The van der Waals surface area contributed by atoms with Crippen LogP contribution in [0.3, 0.4) is 0 Å². The number of nitro benzene ring substituents is 1. The average Bonchev–Trinajstić information content (AvgIpc) is 2.60. The van der Waals surface area contributed by atoms with Crippen LogP contribution in [0.5, 0.6) is 0 Å². The highest BCUT2D eigenvalue weighted by Gasteiger charge is 2.23. The van der Waals surface area contributed by atoms with Crippen molar-refractivity contribution in [1.82, 2.24) is 15.2 Å². The van der Waals surface area contributed by atoms with Crippen molar-refractivity contribution in [2.24, 2.45) is 0 Å². The molecule has 2 aromatic rings. The third-order valence-electron chi connectivity index (χ3n) is 4.45. The van der Waals surface area contributed by atoms with Crippen LogP contribution in [-0.2, 0) is 4.79 Å². The predicted molar refractivity (Wildman–Crippen MR) is 100 cm³/mol. The van der Waals surface area contributed by atoms with Gasteiger partial charge in [0, 0.05) is 44.5 Å². The summed E-state index contributed by atoms with van der Waals surface area (Å²) in [5, 5.41) is 14.7. The minimum Gasteiger partial charge on any atom is -0.367 e. The highest BCUT2D eigenvalue weighted by atomic mass is 16.6. The zero-order chi connectivity index (χ0) is 18.7. The predicted octanol–water partition coefficient (Wildman–Crippen LogP) is 1.79. The molecule has 1 aliphatic heterocycles. The van der Waals surface area contributed by atoms with Crippen LogP contribution in [0.4, 0.5) is 11.4 Å². The van der Waals surface area contributed by atoms with Gasteiger partial charge in [0.25, 0.3) is 5.69 Å². The first-order valence-corrected chi connectivity index (χ1v) is 8.74. The van der Waals surface area contributed by atoms with E-state index in [-0.39, 0.29) is 22.6 Å². The summed E-state index contributed by atoms with van der Waals surface area (Å²) in [6, 6.07) is 6.90. The van der Waals surface area contributed by atoms with Gasteiger partial charge in [-0.2, -0.15) is 0 Å². The third kappa shape index (κ3) is 3.91. The van der Waals surface area contributed by atoms with Crippen LogP contribution in [0.15, 0.2) is 30.5 Å². The Morgan fingerprint density at radius 2 is 2.00 bits per heavy atom. The first-order valence-electron chi connectivity index (χ1n) is 8.74. The Labute approximate surface area is 151 Å². The summed E-state index contributed by atoms with van der Waals surface area (Å²) in [6.45, 7) is 7.31. The number of pyridine rings is 1. The van der Waals surface area contributed by atoms with Gasteiger partial charge in [-0.1, -0.05) is 0 Å². The summed E-state index contributed by atoms with van der Waals surface area (Å²) in [5.74, 6) is 0.0379. The Balaban J connectivity index is 1.73.